The fraction of sp³-hybridized carbons (Fsp3) is 0.286. The van der Waals surface area contributed by atoms with Gasteiger partial charge in [-0.05, 0) is 44.2 Å². The summed E-state index contributed by atoms with van der Waals surface area (Å²) in [5.41, 5.74) is 2.98. The molecule has 0 radical (unpaired) electrons. The van der Waals surface area contributed by atoms with Crippen LogP contribution in [0.2, 0.25) is 5.02 Å². The molecule has 26 heavy (non-hydrogen) atoms. The minimum atomic E-state index is -0.108. The van der Waals surface area contributed by atoms with Crippen molar-refractivity contribution in [2.24, 2.45) is 0 Å². The molecular weight excluding hydrogens is 346 g/mol. The smallest absolute Gasteiger partial charge is 0.123 e. The van der Waals surface area contributed by atoms with Gasteiger partial charge in [0, 0.05) is 46.5 Å². The third kappa shape index (κ3) is 4.45. The highest BCUT2D eigenvalue weighted by atomic mass is 35.5. The average Bonchev–Trinajstić information content (AvgIpc) is 2.64. The first-order valence-corrected chi connectivity index (χ1v) is 9.01. The van der Waals surface area contributed by atoms with Crippen LogP contribution in [0, 0.1) is 0 Å². The molecule has 3 rings (SSSR count). The molecule has 0 saturated heterocycles. The molecule has 2 N–H and O–H groups in total. The summed E-state index contributed by atoms with van der Waals surface area (Å²) < 4.78 is 5.42. The number of hydrogen-bond donors (Lipinski definition) is 2. The van der Waals surface area contributed by atoms with Crippen molar-refractivity contribution in [3.05, 3.63) is 65.3 Å². The molecule has 3 aromatic rings. The number of rotatable bonds is 7. The third-order valence-electron chi connectivity index (χ3n) is 4.38. The van der Waals surface area contributed by atoms with Crippen molar-refractivity contribution in [1.82, 2.24) is 10.3 Å². The minimum Gasteiger partial charge on any atom is -0.496 e. The predicted molar refractivity (Wildman–Crippen MR) is 109 cm³/mol. The van der Waals surface area contributed by atoms with E-state index < -0.39 is 0 Å². The summed E-state index contributed by atoms with van der Waals surface area (Å²) in [6, 6.07) is 15.8. The van der Waals surface area contributed by atoms with E-state index in [1.807, 2.05) is 42.5 Å². The van der Waals surface area contributed by atoms with E-state index in [0.717, 1.165) is 41.0 Å². The Morgan fingerprint density at radius 2 is 1.92 bits per heavy atom. The number of nitrogens with zero attached hydrogens (tertiary/aromatic N) is 1. The van der Waals surface area contributed by atoms with E-state index in [9.17, 15) is 0 Å². The molecule has 0 saturated carbocycles. The van der Waals surface area contributed by atoms with E-state index in [0.29, 0.717) is 5.02 Å². The first kappa shape index (κ1) is 18.5. The molecule has 0 unspecified atom stereocenters. The van der Waals surface area contributed by atoms with Gasteiger partial charge >= 0.3 is 0 Å². The van der Waals surface area contributed by atoms with Crippen LogP contribution in [0.4, 0.5) is 5.69 Å². The molecule has 4 nitrogen and oxygen atoms in total. The van der Waals surface area contributed by atoms with Gasteiger partial charge in [0.2, 0.25) is 0 Å². The number of aromatic nitrogens is 1. The zero-order valence-corrected chi connectivity index (χ0v) is 16.1. The zero-order chi connectivity index (χ0) is 18.6. The topological polar surface area (TPSA) is 46.2 Å². The lowest BCUT2D eigenvalue weighted by Crippen LogP contribution is -2.44. The normalized spacial score (nSPS) is 11.5. The van der Waals surface area contributed by atoms with Crippen LogP contribution >= 0.6 is 11.6 Å². The minimum absolute atomic E-state index is 0.108. The lowest BCUT2D eigenvalue weighted by atomic mass is 10.0. The van der Waals surface area contributed by atoms with Crippen LogP contribution in [0.3, 0.4) is 0 Å². The monoisotopic (exact) mass is 369 g/mol. The summed E-state index contributed by atoms with van der Waals surface area (Å²) in [6.45, 7) is 5.86. The fourth-order valence-corrected chi connectivity index (χ4v) is 3.00. The Hall–Kier alpha value is -2.30. The van der Waals surface area contributed by atoms with E-state index in [-0.39, 0.29) is 5.54 Å². The second-order valence-corrected chi connectivity index (χ2v) is 7.36. The molecular formula is C21H24ClN3O. The number of para-hydroxylation sites is 1. The van der Waals surface area contributed by atoms with Crippen molar-refractivity contribution in [2.45, 2.75) is 25.9 Å². The van der Waals surface area contributed by atoms with Crippen molar-refractivity contribution < 1.29 is 4.74 Å². The molecule has 0 aliphatic heterocycles. The number of pyridine rings is 1. The van der Waals surface area contributed by atoms with E-state index >= 15 is 0 Å². The third-order valence-corrected chi connectivity index (χ3v) is 4.61. The van der Waals surface area contributed by atoms with Gasteiger partial charge < -0.3 is 15.4 Å². The second kappa shape index (κ2) is 7.94. The van der Waals surface area contributed by atoms with Crippen molar-refractivity contribution in [1.29, 1.82) is 0 Å². The maximum absolute atomic E-state index is 6.06. The zero-order valence-electron chi connectivity index (χ0n) is 15.3. The summed E-state index contributed by atoms with van der Waals surface area (Å²) in [7, 11) is 1.70. The van der Waals surface area contributed by atoms with Crippen LogP contribution in [0.25, 0.3) is 10.9 Å². The molecule has 0 bridgehead atoms. The van der Waals surface area contributed by atoms with Gasteiger partial charge in [-0.3, -0.25) is 4.98 Å². The van der Waals surface area contributed by atoms with Gasteiger partial charge in [-0.2, -0.15) is 0 Å². The lowest BCUT2D eigenvalue weighted by Gasteiger charge is -2.28. The number of anilines is 1. The van der Waals surface area contributed by atoms with Gasteiger partial charge in [-0.1, -0.05) is 29.8 Å². The molecule has 0 aliphatic rings. The van der Waals surface area contributed by atoms with Crippen molar-refractivity contribution in [3.63, 3.8) is 0 Å². The Bertz CT molecular complexity index is 895. The number of hydrogen-bond acceptors (Lipinski definition) is 4. The summed E-state index contributed by atoms with van der Waals surface area (Å²) >= 11 is 6.06. The summed E-state index contributed by atoms with van der Waals surface area (Å²) in [6.07, 6.45) is 1.80. The van der Waals surface area contributed by atoms with Gasteiger partial charge in [-0.25, -0.2) is 0 Å². The highest BCUT2D eigenvalue weighted by Crippen LogP contribution is 2.25. The number of methoxy groups -OCH3 is 1. The molecule has 136 valence electrons. The van der Waals surface area contributed by atoms with Gasteiger partial charge in [0.25, 0.3) is 0 Å². The Balaban J connectivity index is 1.67. The van der Waals surface area contributed by atoms with Crippen molar-refractivity contribution >= 4 is 28.2 Å². The average molecular weight is 370 g/mol. The fourth-order valence-electron chi connectivity index (χ4n) is 2.84. The lowest BCUT2D eigenvalue weighted by molar-refractivity contribution is 0.385. The Kier molecular flexibility index (Phi) is 5.64. The molecule has 0 aliphatic carbocycles. The number of halogens is 1. The molecule has 1 heterocycles. The Labute approximate surface area is 159 Å². The Morgan fingerprint density at radius 1 is 1.12 bits per heavy atom. The molecule has 2 aromatic carbocycles. The number of fused-ring (bicyclic) bond motifs is 1. The van der Waals surface area contributed by atoms with Crippen LogP contribution in [0.1, 0.15) is 19.4 Å². The SMILES string of the molecule is COc1ccccc1CNC(C)(C)CNc1ccnc2cc(Cl)ccc12. The second-order valence-electron chi connectivity index (χ2n) is 6.92. The molecule has 0 amide bonds. The molecule has 0 atom stereocenters. The molecule has 0 fully saturated rings. The van der Waals surface area contributed by atoms with Crippen LogP contribution in [0.5, 0.6) is 5.75 Å². The highest BCUT2D eigenvalue weighted by Gasteiger charge is 2.18. The van der Waals surface area contributed by atoms with Crippen LogP contribution in [0.15, 0.2) is 54.7 Å². The number of ether oxygens (including phenoxy) is 1. The summed E-state index contributed by atoms with van der Waals surface area (Å²) in [5.74, 6) is 0.903. The van der Waals surface area contributed by atoms with Gasteiger partial charge in [-0.15, -0.1) is 0 Å². The largest absolute Gasteiger partial charge is 0.496 e. The van der Waals surface area contributed by atoms with E-state index in [4.69, 9.17) is 16.3 Å². The predicted octanol–water partition coefficient (Wildman–Crippen LogP) is 4.88. The van der Waals surface area contributed by atoms with Crippen LogP contribution in [-0.4, -0.2) is 24.2 Å². The van der Waals surface area contributed by atoms with E-state index in [2.05, 4.69) is 35.5 Å². The highest BCUT2D eigenvalue weighted by molar-refractivity contribution is 6.31. The quantitative estimate of drug-likeness (QED) is 0.623. The molecule has 1 aromatic heterocycles. The summed E-state index contributed by atoms with van der Waals surface area (Å²) in [5, 5.41) is 8.90. The van der Waals surface area contributed by atoms with Crippen LogP contribution in [-0.2, 0) is 6.54 Å². The maximum atomic E-state index is 6.06. The first-order chi connectivity index (χ1) is 12.5. The van der Waals surface area contributed by atoms with Gasteiger partial charge in [0.15, 0.2) is 0 Å². The Morgan fingerprint density at radius 3 is 2.73 bits per heavy atom. The van der Waals surface area contributed by atoms with E-state index in [1.165, 1.54) is 0 Å². The van der Waals surface area contributed by atoms with Gasteiger partial charge in [0.1, 0.15) is 5.75 Å². The number of nitrogens with one attached hydrogen (secondary N) is 2. The van der Waals surface area contributed by atoms with Gasteiger partial charge in [0.05, 0.1) is 12.6 Å². The molecule has 5 heteroatoms. The van der Waals surface area contributed by atoms with E-state index in [1.54, 1.807) is 13.3 Å². The van der Waals surface area contributed by atoms with Crippen molar-refractivity contribution in [3.8, 4) is 5.75 Å². The van der Waals surface area contributed by atoms with Crippen molar-refractivity contribution in [2.75, 3.05) is 19.0 Å². The standard InChI is InChI=1S/C21H24ClN3O/c1-21(2,25-13-15-6-4-5-7-20(15)26-3)14-24-18-10-11-23-19-12-16(22)8-9-17(18)19/h4-12,25H,13-14H2,1-3H3,(H,23,24). The summed E-state index contributed by atoms with van der Waals surface area (Å²) in [4.78, 5) is 4.39. The maximum Gasteiger partial charge on any atom is 0.123 e. The molecule has 0 spiro atoms. The first-order valence-electron chi connectivity index (χ1n) is 8.63. The number of benzene rings is 2. The van der Waals surface area contributed by atoms with Crippen LogP contribution < -0.4 is 15.4 Å².